The minimum atomic E-state index is -0.746. The second-order valence-electron chi connectivity index (χ2n) is 8.47. The number of imidazole rings is 1. The number of aromatic nitrogens is 3. The fraction of sp³-hybridized carbons (Fsp3) is 0.259. The van der Waals surface area contributed by atoms with Crippen LogP contribution in [0.25, 0.3) is 33.5 Å². The van der Waals surface area contributed by atoms with Crippen LogP contribution in [0, 0.1) is 5.92 Å². The Morgan fingerprint density at radius 2 is 1.92 bits per heavy atom. The predicted octanol–water partition coefficient (Wildman–Crippen LogP) is 4.32. The lowest BCUT2D eigenvalue weighted by Crippen LogP contribution is -2.45. The summed E-state index contributed by atoms with van der Waals surface area (Å²) in [7, 11) is 2.85. The van der Waals surface area contributed by atoms with E-state index in [0.717, 1.165) is 11.1 Å². The van der Waals surface area contributed by atoms with Crippen LogP contribution in [-0.4, -0.2) is 52.2 Å². The van der Waals surface area contributed by atoms with Crippen molar-refractivity contribution in [3.05, 3.63) is 60.3 Å². The topological polar surface area (TPSA) is 126 Å². The van der Waals surface area contributed by atoms with E-state index >= 15 is 0 Å². The van der Waals surface area contributed by atoms with Gasteiger partial charge in [0, 0.05) is 17.3 Å². The Morgan fingerprint density at radius 3 is 2.64 bits per heavy atom. The van der Waals surface area contributed by atoms with E-state index in [4.69, 9.17) is 9.47 Å². The Labute approximate surface area is 208 Å². The molecule has 2 heterocycles. The lowest BCUT2D eigenvalue weighted by Gasteiger charge is -2.21. The van der Waals surface area contributed by atoms with Crippen LogP contribution < -0.4 is 10.1 Å². The number of nitrogens with one attached hydrogen (secondary N) is 2. The van der Waals surface area contributed by atoms with Crippen LogP contribution in [0.4, 0.5) is 0 Å². The molecule has 4 aromatic rings. The first-order valence-electron chi connectivity index (χ1n) is 11.6. The number of amides is 1. The molecule has 1 amide bonds. The van der Waals surface area contributed by atoms with Gasteiger partial charge in [-0.1, -0.05) is 26.3 Å². The summed E-state index contributed by atoms with van der Waals surface area (Å²) in [5.74, 6) is 0.0000138. The number of aromatic amines is 1. The number of benzene rings is 2. The minimum absolute atomic E-state index is 0.0492. The normalized spacial score (nSPS) is 12.7. The second kappa shape index (κ2) is 10.5. The quantitative estimate of drug-likeness (QED) is 0.315. The highest BCUT2D eigenvalue weighted by Gasteiger charge is 2.27. The van der Waals surface area contributed by atoms with Gasteiger partial charge in [0.15, 0.2) is 0 Å². The summed E-state index contributed by atoms with van der Waals surface area (Å²) in [6.45, 7) is 3.83. The van der Waals surface area contributed by atoms with Gasteiger partial charge in [-0.3, -0.25) is 4.79 Å². The van der Waals surface area contributed by atoms with Crippen molar-refractivity contribution in [1.29, 1.82) is 0 Å². The van der Waals surface area contributed by atoms with Crippen molar-refractivity contribution in [2.24, 2.45) is 5.92 Å². The van der Waals surface area contributed by atoms with Crippen molar-refractivity contribution in [2.45, 2.75) is 26.3 Å². The second-order valence-corrected chi connectivity index (χ2v) is 8.47. The van der Waals surface area contributed by atoms with Crippen LogP contribution in [0.2, 0.25) is 0 Å². The zero-order chi connectivity index (χ0) is 25.8. The third kappa shape index (κ3) is 4.86. The molecule has 186 valence electrons. The molecule has 4 rings (SSSR count). The number of esters is 1. The Morgan fingerprint density at radius 1 is 1.11 bits per heavy atom. The highest BCUT2D eigenvalue weighted by Crippen LogP contribution is 2.35. The van der Waals surface area contributed by atoms with E-state index < -0.39 is 17.9 Å². The number of carbonyl (C=O) groups excluding carboxylic acids is 2. The molecule has 0 bridgehead atoms. The van der Waals surface area contributed by atoms with E-state index in [-0.39, 0.29) is 11.7 Å². The summed E-state index contributed by atoms with van der Waals surface area (Å²) >= 11 is 0. The summed E-state index contributed by atoms with van der Waals surface area (Å²) in [6, 6.07) is 13.1. The minimum Gasteiger partial charge on any atom is -0.507 e. The number of phenols is 1. The van der Waals surface area contributed by atoms with Crippen molar-refractivity contribution in [3.8, 4) is 34.1 Å². The summed E-state index contributed by atoms with van der Waals surface area (Å²) < 4.78 is 10.2. The molecular formula is C27H28N4O5. The van der Waals surface area contributed by atoms with Gasteiger partial charge >= 0.3 is 5.97 Å². The Bertz CT molecular complexity index is 1410. The van der Waals surface area contributed by atoms with Crippen molar-refractivity contribution < 1.29 is 24.2 Å². The zero-order valence-electron chi connectivity index (χ0n) is 20.5. The average Bonchev–Trinajstić information content (AvgIpc) is 3.34. The fourth-order valence-corrected chi connectivity index (χ4v) is 3.97. The number of carbonyl (C=O) groups is 2. The van der Waals surface area contributed by atoms with Crippen LogP contribution in [-0.2, 0) is 9.53 Å². The van der Waals surface area contributed by atoms with Crippen molar-refractivity contribution >= 4 is 22.9 Å². The van der Waals surface area contributed by atoms with E-state index in [9.17, 15) is 14.7 Å². The molecule has 2 aromatic carbocycles. The summed E-state index contributed by atoms with van der Waals surface area (Å²) in [5.41, 5.74) is 3.66. The van der Waals surface area contributed by atoms with E-state index in [1.165, 1.54) is 7.11 Å². The van der Waals surface area contributed by atoms with Gasteiger partial charge in [-0.25, -0.2) is 14.8 Å². The van der Waals surface area contributed by atoms with Gasteiger partial charge < -0.3 is 24.9 Å². The fourth-order valence-electron chi connectivity index (χ4n) is 3.97. The van der Waals surface area contributed by atoms with E-state index in [1.807, 2.05) is 26.0 Å². The van der Waals surface area contributed by atoms with Gasteiger partial charge in [0.25, 0.3) is 5.91 Å². The maximum Gasteiger partial charge on any atom is 0.328 e. The van der Waals surface area contributed by atoms with Gasteiger partial charge in [-0.05, 0) is 53.9 Å². The molecular weight excluding hydrogens is 460 g/mol. The maximum atomic E-state index is 12.9. The van der Waals surface area contributed by atoms with Crippen molar-refractivity contribution in [3.63, 3.8) is 0 Å². The highest BCUT2D eigenvalue weighted by atomic mass is 16.5. The molecule has 0 unspecified atom stereocenters. The van der Waals surface area contributed by atoms with Crippen molar-refractivity contribution in [2.75, 3.05) is 14.2 Å². The molecule has 2 aromatic heterocycles. The number of rotatable bonds is 8. The third-order valence-corrected chi connectivity index (χ3v) is 6.23. The molecule has 0 radical (unpaired) electrons. The molecule has 9 heteroatoms. The van der Waals surface area contributed by atoms with E-state index in [2.05, 4.69) is 20.3 Å². The number of ether oxygens (including phenoxy) is 2. The Balaban J connectivity index is 1.66. The van der Waals surface area contributed by atoms with Crippen molar-refractivity contribution in [1.82, 2.24) is 20.3 Å². The average molecular weight is 489 g/mol. The maximum absolute atomic E-state index is 12.9. The van der Waals surface area contributed by atoms with Gasteiger partial charge in [0.1, 0.15) is 17.6 Å². The van der Waals surface area contributed by atoms with Gasteiger partial charge in [-0.2, -0.15) is 0 Å². The number of aromatic hydroxyl groups is 1. The number of pyridine rings is 1. The molecule has 3 N–H and O–H groups in total. The van der Waals surface area contributed by atoms with Crippen LogP contribution in [0.5, 0.6) is 11.6 Å². The molecule has 2 atom stereocenters. The number of nitrogens with zero attached hydrogens (tertiary/aromatic N) is 2. The van der Waals surface area contributed by atoms with Crippen LogP contribution >= 0.6 is 0 Å². The monoisotopic (exact) mass is 488 g/mol. The first-order valence-corrected chi connectivity index (χ1v) is 11.6. The molecule has 0 spiro atoms. The zero-order valence-corrected chi connectivity index (χ0v) is 20.5. The molecule has 0 aliphatic heterocycles. The summed E-state index contributed by atoms with van der Waals surface area (Å²) in [6.07, 6.45) is 2.35. The van der Waals surface area contributed by atoms with Crippen LogP contribution in [0.3, 0.4) is 0 Å². The summed E-state index contributed by atoms with van der Waals surface area (Å²) in [5, 5.41) is 13.3. The Hall–Kier alpha value is -4.40. The number of hydrogen-bond acceptors (Lipinski definition) is 7. The predicted molar refractivity (Wildman–Crippen MR) is 136 cm³/mol. The number of phenolic OH excluding ortho intramolecular Hbond substituents is 1. The standard InChI is InChI=1S/C27H28N4O5/c1-5-15(2)23(27(34)36-4)31-25(33)17-8-10-20-21(14-17)30-24(29-20)19-13-16(9-11-22(19)32)18-7-6-12-28-26(18)35-3/h6-15,23,32H,5H2,1-4H3,(H,29,30)(H,31,33)/t15-,23-/m0/s1. The molecule has 0 aliphatic rings. The number of methoxy groups -OCH3 is 2. The third-order valence-electron chi connectivity index (χ3n) is 6.23. The molecule has 0 saturated carbocycles. The number of fused-ring (bicyclic) bond motifs is 1. The van der Waals surface area contributed by atoms with Gasteiger partial charge in [0.05, 0.1) is 30.8 Å². The lowest BCUT2D eigenvalue weighted by atomic mass is 9.99. The largest absolute Gasteiger partial charge is 0.507 e. The first-order chi connectivity index (χ1) is 17.4. The molecule has 0 fully saturated rings. The van der Waals surface area contributed by atoms with E-state index in [0.29, 0.717) is 40.3 Å². The van der Waals surface area contributed by atoms with Crippen LogP contribution in [0.15, 0.2) is 54.7 Å². The Kier molecular flexibility index (Phi) is 7.19. The van der Waals surface area contributed by atoms with Gasteiger partial charge in [0.2, 0.25) is 5.88 Å². The smallest absolute Gasteiger partial charge is 0.328 e. The number of H-pyrrole nitrogens is 1. The highest BCUT2D eigenvalue weighted by molar-refractivity contribution is 5.99. The molecule has 0 aliphatic carbocycles. The van der Waals surface area contributed by atoms with Gasteiger partial charge in [-0.15, -0.1) is 0 Å². The van der Waals surface area contributed by atoms with Crippen LogP contribution in [0.1, 0.15) is 30.6 Å². The lowest BCUT2D eigenvalue weighted by molar-refractivity contribution is -0.144. The first kappa shape index (κ1) is 24.7. The molecule has 9 nitrogen and oxygen atoms in total. The summed E-state index contributed by atoms with van der Waals surface area (Å²) in [4.78, 5) is 37.1. The SMILES string of the molecule is CC[C@H](C)[C@H](NC(=O)c1ccc2nc(-c3cc(-c4cccnc4OC)ccc3O)[nH]c2c1)C(=O)OC. The molecule has 36 heavy (non-hydrogen) atoms. The number of hydrogen-bond donors (Lipinski definition) is 3. The van der Waals surface area contributed by atoms with E-state index in [1.54, 1.807) is 49.7 Å². The molecule has 0 saturated heterocycles.